The Bertz CT molecular complexity index is 749. The minimum absolute atomic E-state index is 0.515. The quantitative estimate of drug-likeness (QED) is 0.706. The zero-order chi connectivity index (χ0) is 13.4. The highest BCUT2D eigenvalue weighted by Crippen LogP contribution is 2.28. The Balaban J connectivity index is 2.30. The molecule has 0 spiro atoms. The van der Waals surface area contributed by atoms with E-state index >= 15 is 0 Å². The second kappa shape index (κ2) is 4.59. The first kappa shape index (κ1) is 12.1. The third-order valence-electron chi connectivity index (χ3n) is 3.14. The molecule has 96 valence electrons. The lowest BCUT2D eigenvalue weighted by atomic mass is 10.2. The maximum absolute atomic E-state index is 6.21. The molecule has 2 heterocycles. The van der Waals surface area contributed by atoms with Crippen molar-refractivity contribution in [1.29, 1.82) is 0 Å². The fourth-order valence-electron chi connectivity index (χ4n) is 2.22. The Morgan fingerprint density at radius 3 is 2.74 bits per heavy atom. The van der Waals surface area contributed by atoms with Gasteiger partial charge in [0.15, 0.2) is 5.15 Å². The minimum Gasteiger partial charge on any atom is -0.497 e. The summed E-state index contributed by atoms with van der Waals surface area (Å²) in [5.41, 5.74) is 2.99. The van der Waals surface area contributed by atoms with Crippen molar-refractivity contribution >= 4 is 17.1 Å². The van der Waals surface area contributed by atoms with Gasteiger partial charge in [-0.3, -0.25) is 4.40 Å². The number of halogens is 1. The summed E-state index contributed by atoms with van der Waals surface area (Å²) in [7, 11) is 1.65. The molecular weight excluding hydrogens is 260 g/mol. The first-order valence-corrected chi connectivity index (χ1v) is 6.36. The highest BCUT2D eigenvalue weighted by molar-refractivity contribution is 6.32. The van der Waals surface area contributed by atoms with Crippen molar-refractivity contribution in [1.82, 2.24) is 9.38 Å². The van der Waals surface area contributed by atoms with E-state index in [1.165, 1.54) is 0 Å². The Kier molecular flexibility index (Phi) is 2.91. The fraction of sp³-hybridized carbons (Fsp3) is 0.133. The van der Waals surface area contributed by atoms with Crippen molar-refractivity contribution in [3.05, 3.63) is 53.3 Å². The molecule has 0 radical (unpaired) electrons. The van der Waals surface area contributed by atoms with E-state index in [-0.39, 0.29) is 0 Å². The van der Waals surface area contributed by atoms with Gasteiger partial charge in [-0.25, -0.2) is 4.98 Å². The predicted molar refractivity (Wildman–Crippen MR) is 76.9 cm³/mol. The van der Waals surface area contributed by atoms with Crippen LogP contribution in [0, 0.1) is 6.92 Å². The zero-order valence-electron chi connectivity index (χ0n) is 10.7. The number of imidazole rings is 1. The van der Waals surface area contributed by atoms with Crippen LogP contribution in [0.15, 0.2) is 42.5 Å². The second-order valence-corrected chi connectivity index (χ2v) is 4.70. The van der Waals surface area contributed by atoms with Crippen LogP contribution in [0.4, 0.5) is 0 Å². The number of ether oxygens (including phenoxy) is 1. The number of aromatic nitrogens is 2. The van der Waals surface area contributed by atoms with Gasteiger partial charge >= 0.3 is 0 Å². The number of fused-ring (bicyclic) bond motifs is 1. The molecule has 0 amide bonds. The van der Waals surface area contributed by atoms with E-state index in [9.17, 15) is 0 Å². The number of hydrogen-bond acceptors (Lipinski definition) is 2. The standard InChI is InChI=1S/C15H13ClN2O/c1-10-5-3-8-13-14(16)17-15(18(10)13)11-6-4-7-12(9-11)19-2/h3-9H,1-2H3. The maximum Gasteiger partial charge on any atom is 0.155 e. The monoisotopic (exact) mass is 272 g/mol. The third kappa shape index (κ3) is 1.96. The Morgan fingerprint density at radius 2 is 1.95 bits per heavy atom. The topological polar surface area (TPSA) is 26.5 Å². The van der Waals surface area contributed by atoms with Crippen molar-refractivity contribution in [2.24, 2.45) is 0 Å². The largest absolute Gasteiger partial charge is 0.497 e. The summed E-state index contributed by atoms with van der Waals surface area (Å²) < 4.78 is 7.31. The van der Waals surface area contributed by atoms with Crippen LogP contribution in [0.5, 0.6) is 5.75 Å². The molecule has 3 aromatic rings. The SMILES string of the molecule is COc1cccc(-c2nc(Cl)c3cccc(C)n23)c1. The summed E-state index contributed by atoms with van der Waals surface area (Å²) in [4.78, 5) is 4.47. The summed E-state index contributed by atoms with van der Waals surface area (Å²) in [6, 6.07) is 13.8. The average Bonchev–Trinajstić information content (AvgIpc) is 2.78. The van der Waals surface area contributed by atoms with E-state index in [1.807, 2.05) is 49.4 Å². The average molecular weight is 273 g/mol. The first-order valence-electron chi connectivity index (χ1n) is 5.98. The number of pyridine rings is 1. The lowest BCUT2D eigenvalue weighted by Gasteiger charge is -2.06. The van der Waals surface area contributed by atoms with Crippen LogP contribution in [0.3, 0.4) is 0 Å². The van der Waals surface area contributed by atoms with Crippen LogP contribution in [0.25, 0.3) is 16.9 Å². The van der Waals surface area contributed by atoms with Crippen LogP contribution >= 0.6 is 11.6 Å². The molecule has 0 bridgehead atoms. The summed E-state index contributed by atoms with van der Waals surface area (Å²) in [5, 5.41) is 0.515. The number of methoxy groups -OCH3 is 1. The van der Waals surface area contributed by atoms with E-state index in [1.54, 1.807) is 7.11 Å². The molecule has 0 N–H and O–H groups in total. The van der Waals surface area contributed by atoms with Gasteiger partial charge in [0, 0.05) is 11.3 Å². The number of nitrogens with zero attached hydrogens (tertiary/aromatic N) is 2. The van der Waals surface area contributed by atoms with Crippen LogP contribution in [0.1, 0.15) is 5.69 Å². The molecule has 0 aliphatic heterocycles. The molecule has 0 saturated carbocycles. The van der Waals surface area contributed by atoms with Crippen molar-refractivity contribution in [2.75, 3.05) is 7.11 Å². The smallest absolute Gasteiger partial charge is 0.155 e. The summed E-state index contributed by atoms with van der Waals surface area (Å²) in [6.07, 6.45) is 0. The molecule has 0 saturated heterocycles. The fourth-order valence-corrected chi connectivity index (χ4v) is 2.44. The molecule has 19 heavy (non-hydrogen) atoms. The van der Waals surface area contributed by atoms with E-state index in [2.05, 4.69) is 9.38 Å². The lowest BCUT2D eigenvalue weighted by molar-refractivity contribution is 0.415. The van der Waals surface area contributed by atoms with E-state index in [0.717, 1.165) is 28.3 Å². The van der Waals surface area contributed by atoms with Gasteiger partial charge in [-0.15, -0.1) is 0 Å². The van der Waals surface area contributed by atoms with Gasteiger partial charge in [0.05, 0.1) is 12.6 Å². The normalized spacial score (nSPS) is 10.9. The first-order chi connectivity index (χ1) is 9.20. The Labute approximate surface area is 116 Å². The number of rotatable bonds is 2. The highest BCUT2D eigenvalue weighted by Gasteiger charge is 2.12. The lowest BCUT2D eigenvalue weighted by Crippen LogP contribution is -1.94. The van der Waals surface area contributed by atoms with Crippen LogP contribution in [-0.2, 0) is 0 Å². The molecule has 2 aromatic heterocycles. The Morgan fingerprint density at radius 1 is 1.16 bits per heavy atom. The summed E-state index contributed by atoms with van der Waals surface area (Å²) >= 11 is 6.21. The van der Waals surface area contributed by atoms with Gasteiger partial charge in [-0.1, -0.05) is 29.8 Å². The van der Waals surface area contributed by atoms with Crippen LogP contribution in [0.2, 0.25) is 5.15 Å². The van der Waals surface area contributed by atoms with Crippen LogP contribution < -0.4 is 4.74 Å². The number of hydrogen-bond donors (Lipinski definition) is 0. The molecule has 4 heteroatoms. The molecule has 0 aliphatic carbocycles. The van der Waals surface area contributed by atoms with E-state index in [0.29, 0.717) is 5.15 Å². The van der Waals surface area contributed by atoms with Crippen molar-refractivity contribution in [3.63, 3.8) is 0 Å². The second-order valence-electron chi connectivity index (χ2n) is 4.35. The highest BCUT2D eigenvalue weighted by atomic mass is 35.5. The van der Waals surface area contributed by atoms with Crippen molar-refractivity contribution in [3.8, 4) is 17.1 Å². The van der Waals surface area contributed by atoms with Gasteiger partial charge in [0.1, 0.15) is 11.6 Å². The van der Waals surface area contributed by atoms with Crippen LogP contribution in [-0.4, -0.2) is 16.5 Å². The zero-order valence-corrected chi connectivity index (χ0v) is 11.5. The van der Waals surface area contributed by atoms with Gasteiger partial charge in [-0.2, -0.15) is 0 Å². The molecule has 0 fully saturated rings. The molecule has 0 atom stereocenters. The van der Waals surface area contributed by atoms with Gasteiger partial charge < -0.3 is 4.74 Å². The predicted octanol–water partition coefficient (Wildman–Crippen LogP) is 3.97. The maximum atomic E-state index is 6.21. The Hall–Kier alpha value is -2.00. The van der Waals surface area contributed by atoms with E-state index in [4.69, 9.17) is 16.3 Å². The minimum atomic E-state index is 0.515. The molecule has 3 rings (SSSR count). The van der Waals surface area contributed by atoms with E-state index < -0.39 is 0 Å². The van der Waals surface area contributed by atoms with Crippen molar-refractivity contribution in [2.45, 2.75) is 6.92 Å². The summed E-state index contributed by atoms with van der Waals surface area (Å²) in [5.74, 6) is 1.64. The molecular formula is C15H13ClN2O. The van der Waals surface area contributed by atoms with Gasteiger partial charge in [0.2, 0.25) is 0 Å². The molecule has 3 nitrogen and oxygen atoms in total. The number of benzene rings is 1. The van der Waals surface area contributed by atoms with Gasteiger partial charge in [0.25, 0.3) is 0 Å². The van der Waals surface area contributed by atoms with Crippen molar-refractivity contribution < 1.29 is 4.74 Å². The van der Waals surface area contributed by atoms with Gasteiger partial charge in [-0.05, 0) is 31.2 Å². The molecule has 1 aromatic carbocycles. The summed E-state index contributed by atoms with van der Waals surface area (Å²) in [6.45, 7) is 2.04. The third-order valence-corrected chi connectivity index (χ3v) is 3.42. The number of aryl methyl sites for hydroxylation is 1. The molecule has 0 unspecified atom stereocenters. The molecule has 0 aliphatic rings.